The zero-order chi connectivity index (χ0) is 34.6. The van der Waals surface area contributed by atoms with Crippen molar-refractivity contribution in [2.24, 2.45) is 0 Å². The van der Waals surface area contributed by atoms with Gasteiger partial charge in [-0.25, -0.2) is 14.4 Å². The first-order valence-electron chi connectivity index (χ1n) is 13.4. The van der Waals surface area contributed by atoms with Gasteiger partial charge in [-0.15, -0.1) is 0 Å². The van der Waals surface area contributed by atoms with Gasteiger partial charge in [0.25, 0.3) is 5.69 Å². The Balaban J connectivity index is 0.000000255. The maximum atomic E-state index is 11.9. The highest BCUT2D eigenvalue weighted by Crippen LogP contribution is 2.25. The minimum atomic E-state index is -1.43. The zero-order valence-electron chi connectivity index (χ0n) is 24.5. The van der Waals surface area contributed by atoms with Gasteiger partial charge in [0, 0.05) is 23.2 Å². The van der Waals surface area contributed by atoms with Crippen molar-refractivity contribution in [1.29, 1.82) is 0 Å². The lowest BCUT2D eigenvalue weighted by Crippen LogP contribution is -2.42. The number of carboxylic acids is 4. The molecule has 6 N–H and O–H groups in total. The molecule has 0 aliphatic rings. The van der Waals surface area contributed by atoms with Gasteiger partial charge in [0.2, 0.25) is 5.91 Å². The van der Waals surface area contributed by atoms with Gasteiger partial charge < -0.3 is 30.7 Å². The molecule has 0 saturated carbocycles. The summed E-state index contributed by atoms with van der Waals surface area (Å²) in [6, 6.07) is 16.7. The van der Waals surface area contributed by atoms with Gasteiger partial charge in [-0.3, -0.25) is 19.7 Å². The molecule has 46 heavy (non-hydrogen) atoms. The molecule has 1 heterocycles. The number of nitrogens with zero attached hydrogens (tertiary/aromatic N) is 1. The number of hydrogen-bond acceptors (Lipinski definition) is 7. The molecule has 3 aromatic carbocycles. The van der Waals surface area contributed by atoms with Crippen molar-refractivity contribution < 1.29 is 49.3 Å². The number of nitro benzene ring substituents is 1. The van der Waals surface area contributed by atoms with Crippen molar-refractivity contribution in [3.05, 3.63) is 110 Å². The minimum Gasteiger partial charge on any atom is -0.481 e. The molecule has 15 heteroatoms. The van der Waals surface area contributed by atoms with Crippen molar-refractivity contribution in [3.63, 3.8) is 0 Å². The Kier molecular flexibility index (Phi) is 13.4. The highest BCUT2D eigenvalue weighted by atomic mass is 35.5. The van der Waals surface area contributed by atoms with E-state index < -0.39 is 58.4 Å². The Morgan fingerprint density at radius 2 is 1.52 bits per heavy atom. The first-order valence-corrected chi connectivity index (χ1v) is 13.8. The standard InChI is InChI=1S/C14H14N2O5.C10H12O2.C7H4ClNO4/c17-12(16-11(14(20)21)6-13(18)19)5-8-7-15-10-4-2-1-3-9(8)10;1-7(2)8-3-5-9(6-4-8)10(11)12;8-4-2-1-3-5(9(12)13)6(4)7(10)11/h1-4,7,11,15H,5-6H2,(H,16,17)(H,18,19)(H,20,21);3-7H,1-2H3,(H,11,12);1-3H,(H,10,11)/t11-;;/m0../s1. The van der Waals surface area contributed by atoms with Crippen molar-refractivity contribution in [2.75, 3.05) is 0 Å². The van der Waals surface area contributed by atoms with Crippen LogP contribution in [0.4, 0.5) is 5.69 Å². The van der Waals surface area contributed by atoms with Crippen LogP contribution in [0.15, 0.2) is 72.9 Å². The summed E-state index contributed by atoms with van der Waals surface area (Å²) in [6.07, 6.45) is 1.000. The number of hydrogen-bond donors (Lipinski definition) is 6. The fourth-order valence-corrected chi connectivity index (χ4v) is 4.21. The number of halogens is 1. The zero-order valence-corrected chi connectivity index (χ0v) is 25.2. The molecular formula is C31H30ClN3O11. The molecule has 0 fully saturated rings. The van der Waals surface area contributed by atoms with Gasteiger partial charge in [0.1, 0.15) is 6.04 Å². The number of aromatic carboxylic acids is 2. The lowest BCUT2D eigenvalue weighted by Gasteiger charge is -2.12. The number of benzene rings is 3. The Bertz CT molecular complexity index is 1730. The smallest absolute Gasteiger partial charge is 0.344 e. The summed E-state index contributed by atoms with van der Waals surface area (Å²) in [7, 11) is 0. The molecule has 1 amide bonds. The Morgan fingerprint density at radius 3 is 2.02 bits per heavy atom. The molecule has 0 aliphatic carbocycles. The topological polar surface area (TPSA) is 237 Å². The van der Waals surface area contributed by atoms with Crippen LogP contribution in [0.25, 0.3) is 10.9 Å². The molecule has 4 rings (SSSR count). The molecule has 14 nitrogen and oxygen atoms in total. The van der Waals surface area contributed by atoms with Crippen LogP contribution in [0.2, 0.25) is 5.02 Å². The molecule has 4 aromatic rings. The number of fused-ring (bicyclic) bond motifs is 1. The molecule has 242 valence electrons. The van der Waals surface area contributed by atoms with E-state index in [9.17, 15) is 34.1 Å². The summed E-state index contributed by atoms with van der Waals surface area (Å²) < 4.78 is 0. The molecule has 0 aliphatic heterocycles. The number of para-hydroxylation sites is 1. The van der Waals surface area contributed by atoms with Gasteiger partial charge in [-0.05, 0) is 41.3 Å². The van der Waals surface area contributed by atoms with E-state index in [-0.39, 0.29) is 11.4 Å². The number of H-pyrrole nitrogens is 1. The summed E-state index contributed by atoms with van der Waals surface area (Å²) in [5.41, 5.74) is 2.14. The molecule has 1 aromatic heterocycles. The van der Waals surface area contributed by atoms with E-state index in [2.05, 4.69) is 24.1 Å². The third-order valence-electron chi connectivity index (χ3n) is 6.26. The molecule has 0 unspecified atom stereocenters. The molecule has 0 spiro atoms. The molecule has 0 bridgehead atoms. The number of nitro groups is 1. The second-order valence-electron chi connectivity index (χ2n) is 9.87. The van der Waals surface area contributed by atoms with Crippen molar-refractivity contribution in [1.82, 2.24) is 10.3 Å². The normalized spacial score (nSPS) is 10.9. The fraction of sp³-hybridized carbons (Fsp3) is 0.194. The number of aromatic nitrogens is 1. The number of nitrogens with one attached hydrogen (secondary N) is 2. The van der Waals surface area contributed by atoms with Crippen molar-refractivity contribution in [2.45, 2.75) is 38.6 Å². The molecular weight excluding hydrogens is 626 g/mol. The average Bonchev–Trinajstić information content (AvgIpc) is 3.39. The predicted octanol–water partition coefficient (Wildman–Crippen LogP) is 5.21. The van der Waals surface area contributed by atoms with E-state index in [4.69, 9.17) is 32.0 Å². The van der Waals surface area contributed by atoms with E-state index in [0.717, 1.165) is 22.5 Å². The predicted molar refractivity (Wildman–Crippen MR) is 166 cm³/mol. The van der Waals surface area contributed by atoms with Crippen LogP contribution in [0.5, 0.6) is 0 Å². The summed E-state index contributed by atoms with van der Waals surface area (Å²) in [6.45, 7) is 4.16. The Labute approximate surface area is 266 Å². The summed E-state index contributed by atoms with van der Waals surface area (Å²) >= 11 is 5.48. The fourth-order valence-electron chi connectivity index (χ4n) is 3.96. The Hall–Kier alpha value is -5.76. The van der Waals surface area contributed by atoms with Gasteiger partial charge in [-0.1, -0.05) is 61.8 Å². The maximum Gasteiger partial charge on any atom is 0.344 e. The third kappa shape index (κ3) is 10.7. The van der Waals surface area contributed by atoms with Gasteiger partial charge >= 0.3 is 23.9 Å². The van der Waals surface area contributed by atoms with E-state index >= 15 is 0 Å². The van der Waals surface area contributed by atoms with E-state index in [1.165, 1.54) is 17.7 Å². The van der Waals surface area contributed by atoms with E-state index in [1.807, 2.05) is 36.4 Å². The quantitative estimate of drug-likeness (QED) is 0.0957. The summed E-state index contributed by atoms with van der Waals surface area (Å²) in [5.74, 6) is -5.01. The van der Waals surface area contributed by atoms with Gasteiger partial charge in [-0.2, -0.15) is 0 Å². The first kappa shape index (κ1) is 36.4. The van der Waals surface area contributed by atoms with Crippen LogP contribution in [0, 0.1) is 10.1 Å². The van der Waals surface area contributed by atoms with Crippen LogP contribution in [-0.4, -0.2) is 66.2 Å². The molecule has 0 radical (unpaired) electrons. The van der Waals surface area contributed by atoms with Crippen LogP contribution in [0.3, 0.4) is 0 Å². The van der Waals surface area contributed by atoms with E-state index in [1.54, 1.807) is 18.3 Å². The largest absolute Gasteiger partial charge is 0.481 e. The van der Waals surface area contributed by atoms with Gasteiger partial charge in [0.15, 0.2) is 5.56 Å². The summed E-state index contributed by atoms with van der Waals surface area (Å²) in [5, 5.41) is 48.0. The van der Waals surface area contributed by atoms with Gasteiger partial charge in [0.05, 0.1) is 28.4 Å². The second-order valence-corrected chi connectivity index (χ2v) is 10.3. The molecule has 0 saturated heterocycles. The average molecular weight is 656 g/mol. The SMILES string of the molecule is CC(C)c1ccc(C(=O)O)cc1.O=C(O)C[C@H](NC(=O)Cc1c[nH]c2ccccc12)C(=O)O.O=C(O)c1c(Cl)cccc1[N+](=O)[O-]. The van der Waals surface area contributed by atoms with Crippen LogP contribution in [-0.2, 0) is 20.8 Å². The number of carbonyl (C=O) groups is 5. The number of carbonyl (C=O) groups excluding carboxylic acids is 1. The second kappa shape index (κ2) is 16.9. The third-order valence-corrected chi connectivity index (χ3v) is 6.58. The number of carboxylic acid groups (broad SMARTS) is 4. The highest BCUT2D eigenvalue weighted by molar-refractivity contribution is 6.34. The molecule has 1 atom stereocenters. The number of amides is 1. The minimum absolute atomic E-state index is 0.0204. The van der Waals surface area contributed by atoms with Crippen LogP contribution in [0.1, 0.15) is 58.0 Å². The highest BCUT2D eigenvalue weighted by Gasteiger charge is 2.24. The monoisotopic (exact) mass is 655 g/mol. The van der Waals surface area contributed by atoms with Crippen LogP contribution >= 0.6 is 11.6 Å². The Morgan fingerprint density at radius 1 is 0.891 bits per heavy atom. The summed E-state index contributed by atoms with van der Waals surface area (Å²) in [4.78, 5) is 67.0. The first-order chi connectivity index (χ1) is 21.6. The lowest BCUT2D eigenvalue weighted by atomic mass is 10.0. The number of aromatic amines is 1. The van der Waals surface area contributed by atoms with E-state index in [0.29, 0.717) is 11.5 Å². The number of aliphatic carboxylic acids is 2. The maximum absolute atomic E-state index is 11.9. The van der Waals surface area contributed by atoms with Crippen molar-refractivity contribution >= 4 is 58.0 Å². The van der Waals surface area contributed by atoms with Crippen LogP contribution < -0.4 is 5.32 Å². The number of rotatable bonds is 10. The lowest BCUT2D eigenvalue weighted by molar-refractivity contribution is -0.385. The van der Waals surface area contributed by atoms with Crippen molar-refractivity contribution in [3.8, 4) is 0 Å².